The number of ether oxygens (including phenoxy) is 1. The fourth-order valence-corrected chi connectivity index (χ4v) is 9.63. The summed E-state index contributed by atoms with van der Waals surface area (Å²) in [7, 11) is -3.38. The Labute approximate surface area is 268 Å². The summed E-state index contributed by atoms with van der Waals surface area (Å²) in [6.07, 6.45) is 2.03. The van der Waals surface area contributed by atoms with Gasteiger partial charge in [-0.1, -0.05) is 42.5 Å². The molecule has 1 fully saturated rings. The predicted molar refractivity (Wildman–Crippen MR) is 176 cm³/mol. The van der Waals surface area contributed by atoms with Gasteiger partial charge in [-0.3, -0.25) is 14.3 Å². The molecule has 2 amide bonds. The Bertz CT molecular complexity index is 1730. The Morgan fingerprint density at radius 2 is 1.87 bits per heavy atom. The van der Waals surface area contributed by atoms with Crippen molar-refractivity contribution in [3.63, 3.8) is 0 Å². The van der Waals surface area contributed by atoms with Gasteiger partial charge in [-0.05, 0) is 67.5 Å². The van der Waals surface area contributed by atoms with Gasteiger partial charge >= 0.3 is 0 Å². The van der Waals surface area contributed by atoms with Crippen LogP contribution in [0.5, 0.6) is 0 Å². The number of rotatable bonds is 10. The summed E-state index contributed by atoms with van der Waals surface area (Å²) in [6.45, 7) is 5.96. The molecule has 2 aliphatic rings. The minimum Gasteiger partial charge on any atom is -0.399 e. The molecule has 240 valence electrons. The Morgan fingerprint density at radius 1 is 1.13 bits per heavy atom. The van der Waals surface area contributed by atoms with Crippen LogP contribution in [-0.4, -0.2) is 53.0 Å². The molecule has 1 saturated heterocycles. The number of carbonyl (C=O) groups excluding carboxylic acids is 2. The number of aromatic nitrogens is 3. The molecule has 46 heavy (non-hydrogen) atoms. The molecule has 3 heterocycles. The SMILES string of the molecule is C[C@H]1[C@H]([Si](C)(C)F)[C@@H](CCn2cc(CCO)nn2)O[C@]12C(=O)N(Cc1ccccc1)c1ccc(NC(=O)c3ccc(N)cc3)cc12. The molecular formula is C34H39FN6O4Si. The number of nitrogen functional groups attached to an aromatic ring is 1. The summed E-state index contributed by atoms with van der Waals surface area (Å²) in [5.41, 5.74) is 8.27. The highest BCUT2D eigenvalue weighted by atomic mass is 28.4. The van der Waals surface area contributed by atoms with Crippen molar-refractivity contribution in [3.05, 3.63) is 101 Å². The number of hydrogen-bond acceptors (Lipinski definition) is 7. The number of nitrogens with one attached hydrogen (secondary N) is 1. The molecule has 0 bridgehead atoms. The van der Waals surface area contributed by atoms with Crippen molar-refractivity contribution in [3.8, 4) is 0 Å². The molecule has 4 atom stereocenters. The van der Waals surface area contributed by atoms with Crippen LogP contribution in [0, 0.1) is 5.92 Å². The lowest BCUT2D eigenvalue weighted by Gasteiger charge is -2.31. The molecule has 3 aromatic carbocycles. The number of carbonyl (C=O) groups is 2. The summed E-state index contributed by atoms with van der Waals surface area (Å²) >= 11 is 0. The van der Waals surface area contributed by atoms with E-state index < -0.39 is 31.6 Å². The molecular weight excluding hydrogens is 603 g/mol. The smallest absolute Gasteiger partial charge is 0.264 e. The molecule has 0 radical (unpaired) electrons. The lowest BCUT2D eigenvalue weighted by molar-refractivity contribution is -0.146. The molecule has 2 aliphatic heterocycles. The second-order valence-electron chi connectivity index (χ2n) is 12.7. The average molecular weight is 643 g/mol. The van der Waals surface area contributed by atoms with E-state index in [1.54, 1.807) is 65.3 Å². The van der Waals surface area contributed by atoms with E-state index in [4.69, 9.17) is 10.5 Å². The largest absolute Gasteiger partial charge is 0.399 e. The summed E-state index contributed by atoms with van der Waals surface area (Å²) in [4.78, 5) is 29.6. The van der Waals surface area contributed by atoms with Crippen LogP contribution in [0.2, 0.25) is 18.6 Å². The van der Waals surface area contributed by atoms with Gasteiger partial charge < -0.3 is 29.9 Å². The molecule has 4 N–H and O–H groups in total. The van der Waals surface area contributed by atoms with E-state index in [9.17, 15) is 14.7 Å². The first-order valence-corrected chi connectivity index (χ1v) is 18.5. The van der Waals surface area contributed by atoms with Gasteiger partial charge in [0.25, 0.3) is 11.8 Å². The Hall–Kier alpha value is -4.39. The number of aliphatic hydroxyl groups excluding tert-OH is 1. The monoisotopic (exact) mass is 642 g/mol. The highest BCUT2D eigenvalue weighted by Gasteiger charge is 2.66. The van der Waals surface area contributed by atoms with Crippen LogP contribution in [0.1, 0.15) is 40.5 Å². The van der Waals surface area contributed by atoms with Crippen molar-refractivity contribution in [2.24, 2.45) is 5.92 Å². The number of nitrogens with two attached hydrogens (primary N) is 1. The first kappa shape index (κ1) is 31.6. The Balaban J connectivity index is 1.38. The molecule has 0 unspecified atom stereocenters. The van der Waals surface area contributed by atoms with E-state index in [0.29, 0.717) is 59.8 Å². The molecule has 4 aromatic rings. The lowest BCUT2D eigenvalue weighted by Crippen LogP contribution is -2.45. The lowest BCUT2D eigenvalue weighted by atomic mass is 9.82. The second kappa shape index (κ2) is 12.4. The van der Waals surface area contributed by atoms with E-state index in [-0.39, 0.29) is 18.4 Å². The van der Waals surface area contributed by atoms with Crippen LogP contribution >= 0.6 is 0 Å². The number of aryl methyl sites for hydroxylation is 1. The van der Waals surface area contributed by atoms with Crippen molar-refractivity contribution in [2.45, 2.75) is 63.2 Å². The molecule has 10 nitrogen and oxygen atoms in total. The normalized spacial score (nSPS) is 22.4. The van der Waals surface area contributed by atoms with E-state index >= 15 is 4.11 Å². The van der Waals surface area contributed by atoms with Gasteiger partial charge in [0.05, 0.1) is 24.0 Å². The maximum atomic E-state index is 16.3. The number of nitrogens with zero attached hydrogens (tertiary/aromatic N) is 4. The van der Waals surface area contributed by atoms with Gasteiger partial charge in [0, 0.05) is 59.7 Å². The predicted octanol–water partition coefficient (Wildman–Crippen LogP) is 5.06. The zero-order valence-corrected chi connectivity index (χ0v) is 27.2. The topological polar surface area (TPSA) is 136 Å². The molecule has 0 saturated carbocycles. The molecule has 1 spiro atoms. The Kier molecular flexibility index (Phi) is 8.53. The van der Waals surface area contributed by atoms with Gasteiger partial charge in [0.2, 0.25) is 8.41 Å². The fraction of sp³-hybridized carbons (Fsp3) is 0.353. The highest BCUT2D eigenvalue weighted by molar-refractivity contribution is 6.72. The van der Waals surface area contributed by atoms with Gasteiger partial charge in [-0.25, -0.2) is 0 Å². The molecule has 1 aromatic heterocycles. The Morgan fingerprint density at radius 3 is 2.57 bits per heavy atom. The molecule has 12 heteroatoms. The quantitative estimate of drug-likeness (QED) is 0.125. The van der Waals surface area contributed by atoms with Crippen molar-refractivity contribution >= 4 is 37.3 Å². The number of benzene rings is 3. The summed E-state index contributed by atoms with van der Waals surface area (Å²) in [5.74, 6) is -1.04. The number of halogens is 1. The fourth-order valence-electron chi connectivity index (χ4n) is 7.09. The van der Waals surface area contributed by atoms with Gasteiger partial charge in [0.1, 0.15) is 0 Å². The number of aliphatic hydroxyl groups is 1. The van der Waals surface area contributed by atoms with Crippen molar-refractivity contribution in [1.82, 2.24) is 15.0 Å². The minimum absolute atomic E-state index is 0.0302. The van der Waals surface area contributed by atoms with Crippen molar-refractivity contribution in [1.29, 1.82) is 0 Å². The van der Waals surface area contributed by atoms with Gasteiger partial charge in [0.15, 0.2) is 5.60 Å². The van der Waals surface area contributed by atoms with Crippen LogP contribution in [0.3, 0.4) is 0 Å². The van der Waals surface area contributed by atoms with Crippen molar-refractivity contribution < 1.29 is 23.5 Å². The third kappa shape index (κ3) is 5.83. The summed E-state index contributed by atoms with van der Waals surface area (Å²) in [6, 6.07) is 21.7. The first-order valence-electron chi connectivity index (χ1n) is 15.5. The third-order valence-electron chi connectivity index (χ3n) is 9.17. The number of fused-ring (bicyclic) bond motifs is 2. The average Bonchev–Trinajstić information content (AvgIpc) is 3.67. The zero-order chi connectivity index (χ0) is 32.6. The van der Waals surface area contributed by atoms with Crippen LogP contribution in [0.4, 0.5) is 21.2 Å². The molecule has 6 rings (SSSR count). The third-order valence-corrected chi connectivity index (χ3v) is 11.6. The van der Waals surface area contributed by atoms with E-state index in [1.165, 1.54) is 0 Å². The first-order chi connectivity index (χ1) is 22.0. The number of anilines is 3. The van der Waals surface area contributed by atoms with Crippen molar-refractivity contribution in [2.75, 3.05) is 22.6 Å². The van der Waals surface area contributed by atoms with Crippen LogP contribution in [0.25, 0.3) is 0 Å². The number of amides is 2. The summed E-state index contributed by atoms with van der Waals surface area (Å²) in [5, 5.41) is 20.5. The maximum Gasteiger partial charge on any atom is 0.264 e. The summed E-state index contributed by atoms with van der Waals surface area (Å²) < 4.78 is 24.8. The standard InChI is InChI=1S/C34H39FN6O4Si/c1-22-31(46(2,3)35)30(15-17-40-21-27(16-18-42)38-39-40)45-34(22)28-19-26(37-32(43)24-9-11-25(36)12-10-24)13-14-29(28)41(33(34)44)20-23-7-5-4-6-8-23/h4-14,19,21-22,30-31,42H,15-18,20,36H2,1-3H3,(H,37,43)/t22-,30+,31-,34+/m0/s1. The van der Waals surface area contributed by atoms with E-state index in [2.05, 4.69) is 15.6 Å². The van der Waals surface area contributed by atoms with Crippen LogP contribution in [0.15, 0.2) is 79.0 Å². The van der Waals surface area contributed by atoms with Crippen LogP contribution in [-0.2, 0) is 34.6 Å². The minimum atomic E-state index is -3.38. The highest BCUT2D eigenvalue weighted by Crippen LogP contribution is 2.60. The molecule has 0 aliphatic carbocycles. The van der Waals surface area contributed by atoms with Gasteiger partial charge in [-0.15, -0.1) is 5.10 Å². The van der Waals surface area contributed by atoms with E-state index in [1.807, 2.05) is 43.3 Å². The second-order valence-corrected chi connectivity index (χ2v) is 16.5. The van der Waals surface area contributed by atoms with E-state index in [0.717, 1.165) is 5.56 Å². The number of hydrogen-bond donors (Lipinski definition) is 3. The van der Waals surface area contributed by atoms with Gasteiger partial charge in [-0.2, -0.15) is 0 Å². The van der Waals surface area contributed by atoms with Crippen LogP contribution < -0.4 is 16.0 Å². The maximum absolute atomic E-state index is 16.3. The zero-order valence-electron chi connectivity index (χ0n) is 26.2.